The van der Waals surface area contributed by atoms with Gasteiger partial charge in [-0.1, -0.05) is 24.3 Å². The zero-order valence-electron chi connectivity index (χ0n) is 27.0. The zero-order chi connectivity index (χ0) is 31.4. The Bertz CT molecular complexity index is 1670. The van der Waals surface area contributed by atoms with Crippen LogP contribution < -0.4 is 5.32 Å². The third-order valence-electron chi connectivity index (χ3n) is 12.0. The van der Waals surface area contributed by atoms with Gasteiger partial charge < -0.3 is 14.8 Å². The number of aryl methyl sites for hydroxylation is 1. The van der Waals surface area contributed by atoms with Gasteiger partial charge in [-0.25, -0.2) is 9.37 Å². The SMILES string of the molecule is Cc1nc2ccccc2n1C1C[C@H]2CC[C@@H](C1)N2CCC1(c2cccc(F)c2)CCN(C(=O)C2=C(C(=O)NC3CC3)CCC2)CC1. The molecule has 8 rings (SSSR count). The number of nitrogens with zero attached hydrogens (tertiary/aromatic N) is 4. The summed E-state index contributed by atoms with van der Waals surface area (Å²) in [7, 11) is 0. The summed E-state index contributed by atoms with van der Waals surface area (Å²) in [6.45, 7) is 4.41. The molecule has 2 bridgehead atoms. The molecule has 3 atom stereocenters. The largest absolute Gasteiger partial charge is 0.350 e. The molecule has 2 aromatic carbocycles. The number of likely N-dealkylation sites (tertiary alicyclic amines) is 1. The summed E-state index contributed by atoms with van der Waals surface area (Å²) in [4.78, 5) is 36.2. The van der Waals surface area contributed by atoms with E-state index in [0.29, 0.717) is 49.6 Å². The van der Waals surface area contributed by atoms with E-state index in [1.54, 1.807) is 6.07 Å². The van der Waals surface area contributed by atoms with E-state index in [1.807, 2.05) is 11.0 Å². The summed E-state index contributed by atoms with van der Waals surface area (Å²) in [5.74, 6) is 0.911. The maximum atomic E-state index is 14.6. The van der Waals surface area contributed by atoms with Gasteiger partial charge in [-0.3, -0.25) is 14.5 Å². The summed E-state index contributed by atoms with van der Waals surface area (Å²) in [6.07, 6.45) is 11.6. The summed E-state index contributed by atoms with van der Waals surface area (Å²) < 4.78 is 17.1. The maximum Gasteiger partial charge on any atom is 0.250 e. The number of carbonyl (C=O) groups is 2. The van der Waals surface area contributed by atoms with Crippen molar-refractivity contribution in [3.05, 3.63) is 76.9 Å². The first-order valence-electron chi connectivity index (χ1n) is 17.7. The Balaban J connectivity index is 0.975. The van der Waals surface area contributed by atoms with Crippen LogP contribution in [0, 0.1) is 12.7 Å². The van der Waals surface area contributed by atoms with E-state index in [4.69, 9.17) is 4.98 Å². The van der Waals surface area contributed by atoms with E-state index in [-0.39, 0.29) is 29.1 Å². The van der Waals surface area contributed by atoms with Crippen molar-refractivity contribution in [2.24, 2.45) is 0 Å². The van der Waals surface area contributed by atoms with Gasteiger partial charge >= 0.3 is 0 Å². The number of fused-ring (bicyclic) bond motifs is 3. The molecule has 5 aliphatic rings. The van der Waals surface area contributed by atoms with E-state index < -0.39 is 0 Å². The number of piperidine rings is 2. The Morgan fingerprint density at radius 3 is 2.41 bits per heavy atom. The highest BCUT2D eigenvalue weighted by Crippen LogP contribution is 2.45. The number of hydrogen-bond acceptors (Lipinski definition) is 4. The third-order valence-corrected chi connectivity index (χ3v) is 12.0. The van der Waals surface area contributed by atoms with Crippen LogP contribution in [0.5, 0.6) is 0 Å². The molecule has 242 valence electrons. The van der Waals surface area contributed by atoms with Crippen LogP contribution in [0.2, 0.25) is 0 Å². The Kier molecular flexibility index (Phi) is 7.74. The van der Waals surface area contributed by atoms with Crippen LogP contribution in [-0.2, 0) is 15.0 Å². The van der Waals surface area contributed by atoms with Gasteiger partial charge in [0.25, 0.3) is 0 Å². The van der Waals surface area contributed by atoms with Gasteiger partial charge in [-0.05, 0) is 126 Å². The van der Waals surface area contributed by atoms with E-state index in [9.17, 15) is 14.0 Å². The lowest BCUT2D eigenvalue weighted by atomic mass is 9.70. The van der Waals surface area contributed by atoms with Crippen LogP contribution in [0.25, 0.3) is 11.0 Å². The molecule has 8 heteroatoms. The Hall–Kier alpha value is -3.52. The van der Waals surface area contributed by atoms with Gasteiger partial charge in [-0.15, -0.1) is 0 Å². The Morgan fingerprint density at radius 2 is 1.67 bits per heavy atom. The number of nitrogens with one attached hydrogen (secondary N) is 1. The summed E-state index contributed by atoms with van der Waals surface area (Å²) in [6, 6.07) is 17.5. The van der Waals surface area contributed by atoms with Crippen molar-refractivity contribution >= 4 is 22.8 Å². The zero-order valence-corrected chi connectivity index (χ0v) is 27.0. The molecule has 46 heavy (non-hydrogen) atoms. The van der Waals surface area contributed by atoms with E-state index in [2.05, 4.69) is 52.0 Å². The molecule has 0 radical (unpaired) electrons. The van der Waals surface area contributed by atoms with Crippen molar-refractivity contribution in [3.63, 3.8) is 0 Å². The van der Waals surface area contributed by atoms with Crippen molar-refractivity contribution < 1.29 is 14.0 Å². The lowest BCUT2D eigenvalue weighted by Crippen LogP contribution is -2.49. The van der Waals surface area contributed by atoms with Gasteiger partial charge in [0.1, 0.15) is 11.6 Å². The first-order valence-corrected chi connectivity index (χ1v) is 17.7. The van der Waals surface area contributed by atoms with Gasteiger partial charge in [-0.2, -0.15) is 0 Å². The topological polar surface area (TPSA) is 70.5 Å². The second-order valence-electron chi connectivity index (χ2n) is 14.7. The van der Waals surface area contributed by atoms with Gasteiger partial charge in [0, 0.05) is 48.4 Å². The number of para-hydroxylation sites is 2. The molecule has 1 N–H and O–H groups in total. The molecule has 3 saturated heterocycles. The monoisotopic (exact) mass is 623 g/mol. The van der Waals surface area contributed by atoms with Gasteiger partial charge in [0.2, 0.25) is 11.8 Å². The van der Waals surface area contributed by atoms with Crippen LogP contribution in [0.3, 0.4) is 0 Å². The number of imidazole rings is 1. The highest BCUT2D eigenvalue weighted by molar-refractivity contribution is 6.05. The van der Waals surface area contributed by atoms with Crippen LogP contribution in [0.15, 0.2) is 59.7 Å². The van der Waals surface area contributed by atoms with Gasteiger partial charge in [0.05, 0.1) is 11.0 Å². The minimum absolute atomic E-state index is 0.0359. The Morgan fingerprint density at radius 1 is 0.935 bits per heavy atom. The number of halogens is 1. The fourth-order valence-electron chi connectivity index (χ4n) is 9.35. The smallest absolute Gasteiger partial charge is 0.250 e. The molecule has 1 aromatic heterocycles. The predicted molar refractivity (Wildman–Crippen MR) is 177 cm³/mol. The molecule has 1 saturated carbocycles. The lowest BCUT2D eigenvalue weighted by molar-refractivity contribution is -0.129. The molecule has 2 amide bonds. The number of benzene rings is 2. The highest BCUT2D eigenvalue weighted by atomic mass is 19.1. The summed E-state index contributed by atoms with van der Waals surface area (Å²) >= 11 is 0. The average molecular weight is 624 g/mol. The molecule has 2 aliphatic carbocycles. The highest BCUT2D eigenvalue weighted by Gasteiger charge is 2.44. The van der Waals surface area contributed by atoms with Crippen LogP contribution >= 0.6 is 0 Å². The van der Waals surface area contributed by atoms with Crippen molar-refractivity contribution in [3.8, 4) is 0 Å². The quantitative estimate of drug-likeness (QED) is 0.317. The first-order chi connectivity index (χ1) is 22.4. The third kappa shape index (κ3) is 5.46. The van der Waals surface area contributed by atoms with Crippen LogP contribution in [0.1, 0.15) is 94.5 Å². The molecule has 0 spiro atoms. The summed E-state index contributed by atoms with van der Waals surface area (Å²) in [5.41, 5.74) is 4.63. The van der Waals surface area contributed by atoms with Crippen molar-refractivity contribution in [1.82, 2.24) is 24.7 Å². The van der Waals surface area contributed by atoms with Crippen LogP contribution in [-0.4, -0.2) is 68.9 Å². The first kappa shape index (κ1) is 29.9. The second kappa shape index (κ2) is 11.9. The fraction of sp³-hybridized carbons (Fsp3) is 0.553. The molecule has 3 aliphatic heterocycles. The van der Waals surface area contributed by atoms with Gasteiger partial charge in [0.15, 0.2) is 0 Å². The predicted octanol–water partition coefficient (Wildman–Crippen LogP) is 6.36. The van der Waals surface area contributed by atoms with Crippen molar-refractivity contribution in [2.75, 3.05) is 19.6 Å². The number of rotatable bonds is 8. The lowest BCUT2D eigenvalue weighted by Gasteiger charge is -2.46. The number of hydrogen-bond donors (Lipinski definition) is 1. The minimum atomic E-state index is -0.193. The molecular weight excluding hydrogens is 577 g/mol. The van der Waals surface area contributed by atoms with E-state index in [0.717, 1.165) is 80.4 Å². The molecule has 3 aromatic rings. The molecule has 7 nitrogen and oxygen atoms in total. The maximum absolute atomic E-state index is 14.6. The van der Waals surface area contributed by atoms with Crippen molar-refractivity contribution in [1.29, 1.82) is 0 Å². The average Bonchev–Trinajstić information content (AvgIpc) is 3.51. The molecule has 1 unspecified atom stereocenters. The number of aromatic nitrogens is 2. The van der Waals surface area contributed by atoms with Crippen LogP contribution in [0.4, 0.5) is 4.39 Å². The molecule has 4 fully saturated rings. The number of amides is 2. The minimum Gasteiger partial charge on any atom is -0.350 e. The second-order valence-corrected chi connectivity index (χ2v) is 14.7. The summed E-state index contributed by atoms with van der Waals surface area (Å²) in [5, 5.41) is 3.09. The normalized spacial score (nSPS) is 26.2. The van der Waals surface area contributed by atoms with E-state index in [1.165, 1.54) is 24.4 Å². The standard InChI is InChI=1S/C38H46FN5O2/c1-25-40-34-10-2-3-11-35(34)44(25)31-23-29-14-15-30(24-31)43(29)21-18-38(26-6-4-7-27(39)22-26)16-19-42(20-17-38)37(46)33-9-5-8-32(33)36(45)41-28-12-13-28/h2-4,6-7,10-11,22,28-31H,5,8-9,12-21,23-24H2,1H3,(H,41,45)/t29-,30+,31?. The van der Waals surface area contributed by atoms with E-state index >= 15 is 0 Å². The molecular formula is C38H46FN5O2. The molecule has 4 heterocycles. The fourth-order valence-corrected chi connectivity index (χ4v) is 9.35. The van der Waals surface area contributed by atoms with Crippen molar-refractivity contribution in [2.45, 2.75) is 114 Å². The Labute approximate surface area is 271 Å². The number of carbonyl (C=O) groups excluding carboxylic acids is 2.